The number of carbonyl (C=O) groups excluding carboxylic acids is 1. The van der Waals surface area contributed by atoms with Gasteiger partial charge in [0.15, 0.2) is 0 Å². The summed E-state index contributed by atoms with van der Waals surface area (Å²) in [6.07, 6.45) is 0. The number of anilines is 1. The fourth-order valence-electron chi connectivity index (χ4n) is 3.08. The van der Waals surface area contributed by atoms with E-state index in [9.17, 15) is 4.79 Å². The van der Waals surface area contributed by atoms with Crippen LogP contribution < -0.4 is 5.32 Å². The molecule has 0 fully saturated rings. The number of hydrogen-bond donors (Lipinski definition) is 1. The minimum atomic E-state index is -0.162. The van der Waals surface area contributed by atoms with E-state index in [1.54, 1.807) is 16.8 Å². The number of carbonyl (C=O) groups is 1. The Hall–Kier alpha value is -3.17. The molecular weight excluding hydrogens is 434 g/mol. The van der Waals surface area contributed by atoms with Crippen LogP contribution in [0.1, 0.15) is 17.0 Å². The molecule has 0 atom stereocenters. The Labute approximate surface area is 188 Å². The topological polar surface area (TPSA) is 90.5 Å². The number of nitrogens with zero attached hydrogens (tertiary/aromatic N) is 6. The molecular formula is C21H20ClN7OS. The average molecular weight is 454 g/mol. The zero-order valence-corrected chi connectivity index (χ0v) is 18.8. The van der Waals surface area contributed by atoms with Crippen LogP contribution in [0.4, 0.5) is 5.69 Å². The van der Waals surface area contributed by atoms with Gasteiger partial charge in [-0.3, -0.25) is 4.79 Å². The molecule has 0 radical (unpaired) electrons. The van der Waals surface area contributed by atoms with E-state index < -0.39 is 0 Å². The first kappa shape index (κ1) is 21.1. The normalized spacial score (nSPS) is 11.0. The average Bonchev–Trinajstić information content (AvgIpc) is 3.33. The first-order valence-electron chi connectivity index (χ1n) is 9.52. The Morgan fingerprint density at radius 3 is 2.35 bits per heavy atom. The third-order valence-electron chi connectivity index (χ3n) is 4.68. The van der Waals surface area contributed by atoms with Gasteiger partial charge >= 0.3 is 0 Å². The van der Waals surface area contributed by atoms with Crippen molar-refractivity contribution in [1.29, 1.82) is 0 Å². The summed E-state index contributed by atoms with van der Waals surface area (Å²) in [5, 5.41) is 20.4. The van der Waals surface area contributed by atoms with E-state index >= 15 is 0 Å². The zero-order chi connectivity index (χ0) is 22.0. The number of nitrogens with one attached hydrogen (secondary N) is 1. The number of hydrogen-bond acceptors (Lipinski definition) is 6. The van der Waals surface area contributed by atoms with Gasteiger partial charge in [0.25, 0.3) is 0 Å². The van der Waals surface area contributed by atoms with Crippen LogP contribution >= 0.6 is 23.4 Å². The van der Waals surface area contributed by atoms with Crippen LogP contribution in [0.25, 0.3) is 11.4 Å². The summed E-state index contributed by atoms with van der Waals surface area (Å²) < 4.78 is 3.40. The molecule has 2 heterocycles. The SMILES string of the molecule is Cc1ccc(-n2nc(C)c(NC(=O)CSc3nnnn3-c3ccc(Cl)cc3)c2C)cc1. The summed E-state index contributed by atoms with van der Waals surface area (Å²) in [5.41, 5.74) is 5.22. The summed E-state index contributed by atoms with van der Waals surface area (Å²) in [4.78, 5) is 12.6. The molecule has 0 aliphatic rings. The highest BCUT2D eigenvalue weighted by Gasteiger charge is 2.17. The predicted molar refractivity (Wildman–Crippen MR) is 121 cm³/mol. The van der Waals surface area contributed by atoms with Crippen molar-refractivity contribution in [2.45, 2.75) is 25.9 Å². The number of amides is 1. The van der Waals surface area contributed by atoms with E-state index in [1.165, 1.54) is 17.3 Å². The molecule has 0 spiro atoms. The highest BCUT2D eigenvalue weighted by atomic mass is 35.5. The summed E-state index contributed by atoms with van der Waals surface area (Å²) >= 11 is 7.19. The molecule has 0 bridgehead atoms. The van der Waals surface area contributed by atoms with Crippen LogP contribution in [-0.2, 0) is 4.79 Å². The van der Waals surface area contributed by atoms with Gasteiger partial charge in [0, 0.05) is 5.02 Å². The smallest absolute Gasteiger partial charge is 0.234 e. The Morgan fingerprint density at radius 2 is 1.65 bits per heavy atom. The van der Waals surface area contributed by atoms with Crippen LogP contribution in [-0.4, -0.2) is 41.6 Å². The van der Waals surface area contributed by atoms with Crippen molar-refractivity contribution in [3.05, 3.63) is 70.5 Å². The van der Waals surface area contributed by atoms with Gasteiger partial charge in [0.2, 0.25) is 11.1 Å². The monoisotopic (exact) mass is 453 g/mol. The van der Waals surface area contributed by atoms with Gasteiger partial charge in [0.1, 0.15) is 0 Å². The highest BCUT2D eigenvalue weighted by molar-refractivity contribution is 7.99. The Morgan fingerprint density at radius 1 is 1.00 bits per heavy atom. The van der Waals surface area contributed by atoms with E-state index in [2.05, 4.69) is 25.9 Å². The standard InChI is InChI=1S/C21H20ClN7OS/c1-13-4-8-17(9-5-13)28-15(3)20(14(2)25-28)23-19(30)12-31-21-24-26-27-29(21)18-10-6-16(22)7-11-18/h4-11H,12H2,1-3H3,(H,23,30). The van der Waals surface area contributed by atoms with Crippen LogP contribution in [0.15, 0.2) is 53.7 Å². The van der Waals surface area contributed by atoms with Crippen molar-refractivity contribution in [3.63, 3.8) is 0 Å². The van der Waals surface area contributed by atoms with Gasteiger partial charge in [-0.25, -0.2) is 4.68 Å². The van der Waals surface area contributed by atoms with Gasteiger partial charge in [-0.05, 0) is 67.6 Å². The largest absolute Gasteiger partial charge is 0.322 e. The number of aromatic nitrogens is 6. The quantitative estimate of drug-likeness (QED) is 0.441. The maximum atomic E-state index is 12.6. The van der Waals surface area contributed by atoms with Crippen molar-refractivity contribution in [3.8, 4) is 11.4 Å². The molecule has 2 aromatic heterocycles. The third-order valence-corrected chi connectivity index (χ3v) is 5.85. The number of aryl methyl sites for hydroxylation is 2. The molecule has 0 saturated carbocycles. The van der Waals surface area contributed by atoms with Gasteiger partial charge in [-0.1, -0.05) is 41.1 Å². The fraction of sp³-hybridized carbons (Fsp3) is 0.190. The molecule has 0 aliphatic heterocycles. The fourth-order valence-corrected chi connectivity index (χ4v) is 3.90. The minimum Gasteiger partial charge on any atom is -0.322 e. The van der Waals surface area contributed by atoms with Crippen LogP contribution in [0.5, 0.6) is 0 Å². The van der Waals surface area contributed by atoms with Crippen LogP contribution in [0.2, 0.25) is 5.02 Å². The second-order valence-corrected chi connectivity index (χ2v) is 8.36. The van der Waals surface area contributed by atoms with Crippen molar-refractivity contribution in [2.24, 2.45) is 0 Å². The van der Waals surface area contributed by atoms with Crippen molar-refractivity contribution in [1.82, 2.24) is 30.0 Å². The zero-order valence-electron chi connectivity index (χ0n) is 17.2. The molecule has 1 N–H and O–H groups in total. The molecule has 4 aromatic rings. The predicted octanol–water partition coefficient (Wildman–Crippen LogP) is 4.16. The molecule has 2 aromatic carbocycles. The molecule has 0 saturated heterocycles. The summed E-state index contributed by atoms with van der Waals surface area (Å²) in [7, 11) is 0. The molecule has 0 unspecified atom stereocenters. The van der Waals surface area contributed by atoms with Crippen LogP contribution in [0.3, 0.4) is 0 Å². The number of rotatable bonds is 6. The van der Waals surface area contributed by atoms with E-state index in [4.69, 9.17) is 11.6 Å². The molecule has 10 heteroatoms. The van der Waals surface area contributed by atoms with Crippen molar-refractivity contribution < 1.29 is 4.79 Å². The van der Waals surface area contributed by atoms with Crippen molar-refractivity contribution >= 4 is 35.0 Å². The van der Waals surface area contributed by atoms with E-state index in [0.717, 1.165) is 22.8 Å². The number of thioether (sulfide) groups is 1. The lowest BCUT2D eigenvalue weighted by Gasteiger charge is -2.08. The molecule has 31 heavy (non-hydrogen) atoms. The van der Waals surface area contributed by atoms with E-state index in [0.29, 0.717) is 15.9 Å². The lowest BCUT2D eigenvalue weighted by atomic mass is 10.2. The molecule has 158 valence electrons. The molecule has 8 nitrogen and oxygen atoms in total. The molecule has 1 amide bonds. The molecule has 0 aliphatic carbocycles. The van der Waals surface area contributed by atoms with Crippen molar-refractivity contribution in [2.75, 3.05) is 11.1 Å². The maximum Gasteiger partial charge on any atom is 0.234 e. The molecule has 4 rings (SSSR count). The number of tetrazole rings is 1. The minimum absolute atomic E-state index is 0.155. The maximum absolute atomic E-state index is 12.6. The Balaban J connectivity index is 1.45. The van der Waals surface area contributed by atoms with Crippen LogP contribution in [0, 0.1) is 20.8 Å². The first-order chi connectivity index (χ1) is 14.9. The first-order valence-corrected chi connectivity index (χ1v) is 10.9. The lowest BCUT2D eigenvalue weighted by molar-refractivity contribution is -0.113. The second kappa shape index (κ2) is 8.91. The van der Waals surface area contributed by atoms with Gasteiger partial charge in [0.05, 0.1) is 34.2 Å². The number of benzene rings is 2. The van der Waals surface area contributed by atoms with Gasteiger partial charge < -0.3 is 5.32 Å². The highest BCUT2D eigenvalue weighted by Crippen LogP contribution is 2.24. The third kappa shape index (κ3) is 4.62. The Kier molecular flexibility index (Phi) is 6.06. The summed E-state index contributed by atoms with van der Waals surface area (Å²) in [6.45, 7) is 5.85. The Bertz CT molecular complexity index is 1220. The summed E-state index contributed by atoms with van der Waals surface area (Å²) in [5.74, 6) is -0.00644. The second-order valence-electron chi connectivity index (χ2n) is 6.98. The summed E-state index contributed by atoms with van der Waals surface area (Å²) in [6, 6.07) is 15.2. The van der Waals surface area contributed by atoms with E-state index in [1.807, 2.05) is 61.9 Å². The number of halogens is 1. The van der Waals surface area contributed by atoms with E-state index in [-0.39, 0.29) is 11.7 Å². The van der Waals surface area contributed by atoms with Gasteiger partial charge in [-0.2, -0.15) is 9.78 Å². The van der Waals surface area contributed by atoms with Gasteiger partial charge in [-0.15, -0.1) is 5.10 Å². The lowest BCUT2D eigenvalue weighted by Crippen LogP contribution is -2.15.